The van der Waals surface area contributed by atoms with Crippen molar-refractivity contribution in [2.24, 2.45) is 5.92 Å². The topological polar surface area (TPSA) is 52.6 Å². The summed E-state index contributed by atoms with van der Waals surface area (Å²) in [7, 11) is 0.228. The van der Waals surface area contributed by atoms with Crippen molar-refractivity contribution in [1.29, 1.82) is 0 Å². The van der Waals surface area contributed by atoms with Gasteiger partial charge in [-0.25, -0.2) is 0 Å². The highest BCUT2D eigenvalue weighted by Gasteiger charge is 2.16. The molecule has 0 saturated carbocycles. The van der Waals surface area contributed by atoms with Crippen molar-refractivity contribution in [2.45, 2.75) is 13.8 Å². The first kappa shape index (κ1) is 12.6. The molecule has 0 saturated heterocycles. The summed E-state index contributed by atoms with van der Waals surface area (Å²) in [6, 6.07) is 0. The van der Waals surface area contributed by atoms with Gasteiger partial charge in [-0.1, -0.05) is 6.92 Å². The molecular formula is C8H16O4S. The van der Waals surface area contributed by atoms with Crippen molar-refractivity contribution in [3.63, 3.8) is 0 Å². The lowest BCUT2D eigenvalue weighted by Crippen LogP contribution is -2.21. The van der Waals surface area contributed by atoms with E-state index in [1.54, 1.807) is 6.92 Å². The zero-order chi connectivity index (χ0) is 10.3. The highest BCUT2D eigenvalue weighted by Crippen LogP contribution is 2.01. The first-order chi connectivity index (χ1) is 6.11. The number of methoxy groups -OCH3 is 1. The first-order valence-corrected chi connectivity index (χ1v) is 5.61. The van der Waals surface area contributed by atoms with Crippen LogP contribution in [0.3, 0.4) is 0 Å². The Labute approximate surface area is 81.1 Å². The largest absolute Gasteiger partial charge is 0.469 e. The van der Waals surface area contributed by atoms with Crippen LogP contribution in [0.1, 0.15) is 13.8 Å². The Morgan fingerprint density at radius 2 is 2.15 bits per heavy atom. The summed E-state index contributed by atoms with van der Waals surface area (Å²) in [5.41, 5.74) is 0. The SMILES string of the molecule is CCOCS(=O)CC(C)C(=O)OC. The fraction of sp³-hybridized carbons (Fsp3) is 0.875. The molecule has 0 bridgehead atoms. The Hall–Kier alpha value is -0.420. The van der Waals surface area contributed by atoms with Crippen LogP contribution in [-0.2, 0) is 25.1 Å². The molecule has 5 heteroatoms. The molecular weight excluding hydrogens is 192 g/mol. The van der Waals surface area contributed by atoms with Gasteiger partial charge < -0.3 is 9.47 Å². The Balaban J connectivity index is 3.71. The average Bonchev–Trinajstić information content (AvgIpc) is 2.13. The Morgan fingerprint density at radius 3 is 2.62 bits per heavy atom. The van der Waals surface area contributed by atoms with E-state index in [4.69, 9.17) is 4.74 Å². The van der Waals surface area contributed by atoms with Crippen molar-refractivity contribution < 1.29 is 18.5 Å². The van der Waals surface area contributed by atoms with Gasteiger partial charge in [0, 0.05) is 23.2 Å². The minimum Gasteiger partial charge on any atom is -0.469 e. The fourth-order valence-electron chi connectivity index (χ4n) is 0.772. The van der Waals surface area contributed by atoms with E-state index in [-0.39, 0.29) is 17.8 Å². The molecule has 13 heavy (non-hydrogen) atoms. The van der Waals surface area contributed by atoms with Crippen LogP contribution in [0.2, 0.25) is 0 Å². The second-order valence-electron chi connectivity index (χ2n) is 2.64. The van der Waals surface area contributed by atoms with Gasteiger partial charge in [0.1, 0.15) is 5.94 Å². The number of carbonyl (C=O) groups is 1. The molecule has 2 unspecified atom stereocenters. The molecule has 78 valence electrons. The lowest BCUT2D eigenvalue weighted by atomic mass is 10.2. The molecule has 0 aliphatic heterocycles. The van der Waals surface area contributed by atoms with Crippen LogP contribution >= 0.6 is 0 Å². The predicted octanol–water partition coefficient (Wildman–Crippen LogP) is 0.538. The molecule has 0 amide bonds. The fourth-order valence-corrected chi connectivity index (χ4v) is 1.92. The Kier molecular flexibility index (Phi) is 6.80. The predicted molar refractivity (Wildman–Crippen MR) is 50.7 cm³/mol. The van der Waals surface area contributed by atoms with E-state index in [1.807, 2.05) is 6.92 Å². The lowest BCUT2D eigenvalue weighted by molar-refractivity contribution is -0.144. The van der Waals surface area contributed by atoms with Crippen LogP contribution in [0, 0.1) is 5.92 Å². The highest BCUT2D eigenvalue weighted by atomic mass is 32.2. The molecule has 0 aromatic heterocycles. The quantitative estimate of drug-likeness (QED) is 0.598. The zero-order valence-corrected chi connectivity index (χ0v) is 9.06. The molecule has 2 atom stereocenters. The van der Waals surface area contributed by atoms with Crippen LogP contribution in [0.25, 0.3) is 0 Å². The summed E-state index contributed by atoms with van der Waals surface area (Å²) >= 11 is 0. The minimum absolute atomic E-state index is 0.192. The van der Waals surface area contributed by atoms with E-state index in [1.165, 1.54) is 7.11 Å². The maximum absolute atomic E-state index is 11.2. The zero-order valence-electron chi connectivity index (χ0n) is 8.24. The molecule has 0 aromatic carbocycles. The smallest absolute Gasteiger partial charge is 0.309 e. The van der Waals surface area contributed by atoms with Crippen LogP contribution in [-0.4, -0.2) is 35.6 Å². The maximum atomic E-state index is 11.2. The van der Waals surface area contributed by atoms with Gasteiger partial charge in [-0.3, -0.25) is 9.00 Å². The molecule has 0 spiro atoms. The second-order valence-corrected chi connectivity index (χ2v) is 4.09. The molecule has 0 rings (SSSR count). The number of rotatable bonds is 6. The van der Waals surface area contributed by atoms with Crippen molar-refractivity contribution in [3.05, 3.63) is 0 Å². The molecule has 0 aliphatic rings. The maximum Gasteiger partial charge on any atom is 0.309 e. The Bertz CT molecular complexity index is 181. The van der Waals surface area contributed by atoms with Gasteiger partial charge in [0.2, 0.25) is 0 Å². The van der Waals surface area contributed by atoms with Gasteiger partial charge in [0.05, 0.1) is 13.0 Å². The molecule has 0 heterocycles. The van der Waals surface area contributed by atoms with Gasteiger partial charge in [0.15, 0.2) is 0 Å². The number of esters is 1. The monoisotopic (exact) mass is 208 g/mol. The van der Waals surface area contributed by atoms with E-state index < -0.39 is 10.8 Å². The average molecular weight is 208 g/mol. The third-order valence-corrected chi connectivity index (χ3v) is 2.76. The van der Waals surface area contributed by atoms with Crippen molar-refractivity contribution in [3.8, 4) is 0 Å². The van der Waals surface area contributed by atoms with Gasteiger partial charge in [-0.05, 0) is 6.92 Å². The lowest BCUT2D eigenvalue weighted by Gasteiger charge is -2.08. The van der Waals surface area contributed by atoms with Crippen LogP contribution in [0.5, 0.6) is 0 Å². The summed E-state index contributed by atoms with van der Waals surface area (Å²) < 4.78 is 20.7. The van der Waals surface area contributed by atoms with Crippen molar-refractivity contribution in [1.82, 2.24) is 0 Å². The second kappa shape index (κ2) is 7.03. The van der Waals surface area contributed by atoms with E-state index >= 15 is 0 Å². The summed E-state index contributed by atoms with van der Waals surface area (Å²) in [6.45, 7) is 4.06. The summed E-state index contributed by atoms with van der Waals surface area (Å²) in [6.07, 6.45) is 0. The molecule has 0 aromatic rings. The molecule has 0 N–H and O–H groups in total. The number of hydrogen-bond acceptors (Lipinski definition) is 4. The van der Waals surface area contributed by atoms with Gasteiger partial charge in [-0.2, -0.15) is 0 Å². The van der Waals surface area contributed by atoms with E-state index in [2.05, 4.69) is 4.74 Å². The van der Waals surface area contributed by atoms with E-state index in [0.29, 0.717) is 12.4 Å². The van der Waals surface area contributed by atoms with E-state index in [9.17, 15) is 9.00 Å². The van der Waals surface area contributed by atoms with Crippen molar-refractivity contribution >= 4 is 16.8 Å². The third kappa shape index (κ3) is 5.76. The molecule has 0 radical (unpaired) electrons. The van der Waals surface area contributed by atoms with Gasteiger partial charge in [0.25, 0.3) is 0 Å². The number of hydrogen-bond donors (Lipinski definition) is 0. The normalized spacial score (nSPS) is 15.0. The summed E-state index contributed by atoms with van der Waals surface area (Å²) in [5.74, 6) is -0.166. The van der Waals surface area contributed by atoms with Crippen LogP contribution in [0.4, 0.5) is 0 Å². The first-order valence-electron chi connectivity index (χ1n) is 4.12. The highest BCUT2D eigenvalue weighted by molar-refractivity contribution is 7.84. The standard InChI is InChI=1S/C8H16O4S/c1-4-12-6-13(10)5-7(2)8(9)11-3/h7H,4-6H2,1-3H3. The summed E-state index contributed by atoms with van der Waals surface area (Å²) in [5, 5.41) is 0. The molecule has 0 aliphatic carbocycles. The van der Waals surface area contributed by atoms with E-state index in [0.717, 1.165) is 0 Å². The summed E-state index contributed by atoms with van der Waals surface area (Å²) in [4.78, 5) is 10.9. The third-order valence-electron chi connectivity index (χ3n) is 1.46. The molecule has 4 nitrogen and oxygen atoms in total. The minimum atomic E-state index is -1.10. The van der Waals surface area contributed by atoms with Crippen LogP contribution < -0.4 is 0 Å². The van der Waals surface area contributed by atoms with Crippen LogP contribution in [0.15, 0.2) is 0 Å². The van der Waals surface area contributed by atoms with Gasteiger partial charge in [-0.15, -0.1) is 0 Å². The van der Waals surface area contributed by atoms with Gasteiger partial charge >= 0.3 is 5.97 Å². The number of carbonyl (C=O) groups excluding carboxylic acids is 1. The number of ether oxygens (including phenoxy) is 2. The Morgan fingerprint density at radius 1 is 1.54 bits per heavy atom. The molecule has 0 fully saturated rings. The van der Waals surface area contributed by atoms with Crippen molar-refractivity contribution in [2.75, 3.05) is 25.4 Å².